The summed E-state index contributed by atoms with van der Waals surface area (Å²) in [6, 6.07) is 16.0. The van der Waals surface area contributed by atoms with Gasteiger partial charge in [-0.2, -0.15) is 0 Å². The Bertz CT molecular complexity index is 763. The zero-order valence-electron chi connectivity index (χ0n) is 16.9. The lowest BCUT2D eigenvalue weighted by molar-refractivity contribution is 0.0953. The van der Waals surface area contributed by atoms with E-state index in [1.165, 1.54) is 5.56 Å². The topological polar surface area (TPSA) is 38.3 Å². The Balaban J connectivity index is 0.00000126. The molecule has 3 nitrogen and oxygen atoms in total. The molecule has 1 heterocycles. The maximum absolute atomic E-state index is 12.3. The number of fused-ring (bicyclic) bond motifs is 1. The minimum Gasteiger partial charge on any atom is -0.483 e. The zero-order chi connectivity index (χ0) is 19.7. The Hall–Kier alpha value is -2.55. The molecule has 0 aromatic heterocycles. The van der Waals surface area contributed by atoms with Crippen LogP contribution in [0.4, 0.5) is 0 Å². The van der Waals surface area contributed by atoms with Gasteiger partial charge in [-0.1, -0.05) is 50.3 Å². The van der Waals surface area contributed by atoms with Crippen molar-refractivity contribution in [1.29, 1.82) is 0 Å². The van der Waals surface area contributed by atoms with E-state index in [0.717, 1.165) is 30.6 Å². The summed E-state index contributed by atoms with van der Waals surface area (Å²) < 4.78 is 5.89. The SMILES string of the molecule is CC.CC1(C)C=Cc2cc(C(=O)NCCCCc3ccccc3)ccc2O1. The minimum absolute atomic E-state index is 0.0271. The number of amides is 1. The summed E-state index contributed by atoms with van der Waals surface area (Å²) in [6.07, 6.45) is 7.13. The first-order chi connectivity index (χ1) is 13.0. The lowest BCUT2D eigenvalue weighted by Crippen LogP contribution is -2.28. The number of hydrogen-bond donors (Lipinski definition) is 1. The molecule has 0 saturated carbocycles. The normalized spacial score (nSPS) is 13.6. The minimum atomic E-state index is -0.296. The van der Waals surface area contributed by atoms with Gasteiger partial charge in [-0.25, -0.2) is 0 Å². The zero-order valence-corrected chi connectivity index (χ0v) is 16.9. The van der Waals surface area contributed by atoms with Crippen LogP contribution in [-0.4, -0.2) is 18.1 Å². The number of carbonyl (C=O) groups is 1. The molecular weight excluding hydrogens is 334 g/mol. The molecule has 1 aliphatic heterocycles. The number of ether oxygens (including phenoxy) is 1. The highest BCUT2D eigenvalue weighted by Gasteiger charge is 2.22. The summed E-state index contributed by atoms with van der Waals surface area (Å²) in [4.78, 5) is 12.3. The number of hydrogen-bond acceptors (Lipinski definition) is 2. The Morgan fingerprint density at radius 3 is 2.52 bits per heavy atom. The lowest BCUT2D eigenvalue weighted by Gasteiger charge is -2.27. The number of unbranched alkanes of at least 4 members (excludes halogenated alkanes) is 1. The Kier molecular flexibility index (Phi) is 7.66. The molecule has 3 rings (SSSR count). The van der Waals surface area contributed by atoms with Crippen molar-refractivity contribution in [2.75, 3.05) is 6.54 Å². The standard InChI is InChI=1S/C22H25NO2.C2H6/c1-22(2)14-13-18-16-19(11-12-20(18)25-22)21(24)23-15-7-6-10-17-8-4-3-5-9-17;1-2/h3-5,8-9,11-14,16H,6-7,10,15H2,1-2H3,(H,23,24);1-2H3. The molecule has 0 fully saturated rings. The van der Waals surface area contributed by atoms with Gasteiger partial charge in [0.1, 0.15) is 11.4 Å². The van der Waals surface area contributed by atoms with Gasteiger partial charge in [0, 0.05) is 17.7 Å². The van der Waals surface area contributed by atoms with Crippen LogP contribution in [-0.2, 0) is 6.42 Å². The second kappa shape index (κ2) is 9.96. The summed E-state index contributed by atoms with van der Waals surface area (Å²) in [5.41, 5.74) is 2.68. The highest BCUT2D eigenvalue weighted by molar-refractivity contribution is 5.95. The van der Waals surface area contributed by atoms with Gasteiger partial charge in [0.05, 0.1) is 0 Å². The molecule has 0 atom stereocenters. The second-order valence-electron chi connectivity index (χ2n) is 6.99. The van der Waals surface area contributed by atoms with E-state index in [2.05, 4.69) is 29.6 Å². The van der Waals surface area contributed by atoms with Crippen molar-refractivity contribution in [3.8, 4) is 5.75 Å². The van der Waals surface area contributed by atoms with Crippen LogP contribution in [0, 0.1) is 0 Å². The molecule has 0 saturated heterocycles. The molecule has 0 spiro atoms. The third-order valence-electron chi connectivity index (χ3n) is 4.33. The molecule has 3 heteroatoms. The van der Waals surface area contributed by atoms with Crippen molar-refractivity contribution in [3.63, 3.8) is 0 Å². The monoisotopic (exact) mass is 365 g/mol. The van der Waals surface area contributed by atoms with Crippen LogP contribution in [0.15, 0.2) is 54.6 Å². The maximum atomic E-state index is 12.3. The van der Waals surface area contributed by atoms with Crippen molar-refractivity contribution in [1.82, 2.24) is 5.32 Å². The summed E-state index contributed by atoms with van der Waals surface area (Å²) in [5, 5.41) is 3.00. The van der Waals surface area contributed by atoms with Gasteiger partial charge in [0.25, 0.3) is 5.91 Å². The summed E-state index contributed by atoms with van der Waals surface area (Å²) >= 11 is 0. The van der Waals surface area contributed by atoms with Crippen LogP contribution < -0.4 is 10.1 Å². The highest BCUT2D eigenvalue weighted by Crippen LogP contribution is 2.31. The summed E-state index contributed by atoms with van der Waals surface area (Å²) in [7, 11) is 0. The average molecular weight is 366 g/mol. The fraction of sp³-hybridized carbons (Fsp3) is 0.375. The first-order valence-corrected chi connectivity index (χ1v) is 9.88. The van der Waals surface area contributed by atoms with E-state index in [1.807, 2.05) is 64.1 Å². The molecule has 1 amide bonds. The van der Waals surface area contributed by atoms with Crippen LogP contribution in [0.25, 0.3) is 6.08 Å². The average Bonchev–Trinajstić information content (AvgIpc) is 2.69. The number of nitrogens with one attached hydrogen (secondary N) is 1. The van der Waals surface area contributed by atoms with Gasteiger partial charge >= 0.3 is 0 Å². The van der Waals surface area contributed by atoms with E-state index in [-0.39, 0.29) is 11.5 Å². The molecule has 144 valence electrons. The van der Waals surface area contributed by atoms with Gasteiger partial charge in [0.15, 0.2) is 0 Å². The Morgan fingerprint density at radius 2 is 1.78 bits per heavy atom. The third kappa shape index (κ3) is 6.28. The largest absolute Gasteiger partial charge is 0.483 e. The fourth-order valence-corrected chi connectivity index (χ4v) is 2.92. The molecule has 0 aliphatic carbocycles. The number of benzene rings is 2. The molecule has 0 bridgehead atoms. The van der Waals surface area contributed by atoms with Gasteiger partial charge in [0.2, 0.25) is 0 Å². The number of rotatable bonds is 6. The molecule has 0 unspecified atom stereocenters. The van der Waals surface area contributed by atoms with E-state index in [0.29, 0.717) is 12.1 Å². The van der Waals surface area contributed by atoms with Crippen molar-refractivity contribution >= 4 is 12.0 Å². The molecule has 2 aromatic rings. The maximum Gasteiger partial charge on any atom is 0.251 e. The van der Waals surface area contributed by atoms with E-state index < -0.39 is 0 Å². The fourth-order valence-electron chi connectivity index (χ4n) is 2.92. The number of aryl methyl sites for hydroxylation is 1. The summed E-state index contributed by atoms with van der Waals surface area (Å²) in [6.45, 7) is 8.73. The second-order valence-corrected chi connectivity index (χ2v) is 6.99. The number of carbonyl (C=O) groups excluding carboxylic acids is 1. The van der Waals surface area contributed by atoms with Crippen LogP contribution in [0.2, 0.25) is 0 Å². The van der Waals surface area contributed by atoms with Crippen molar-refractivity contribution in [2.45, 2.75) is 52.6 Å². The van der Waals surface area contributed by atoms with Crippen molar-refractivity contribution in [3.05, 3.63) is 71.3 Å². The van der Waals surface area contributed by atoms with Crippen LogP contribution >= 0.6 is 0 Å². The first-order valence-electron chi connectivity index (χ1n) is 9.88. The Labute approximate surface area is 163 Å². The van der Waals surface area contributed by atoms with E-state index in [9.17, 15) is 4.79 Å². The van der Waals surface area contributed by atoms with E-state index in [4.69, 9.17) is 4.74 Å². The molecular formula is C24H31NO2. The molecule has 1 aliphatic rings. The predicted octanol–water partition coefficient (Wildman–Crippen LogP) is 5.65. The van der Waals surface area contributed by atoms with Crippen LogP contribution in [0.5, 0.6) is 5.75 Å². The van der Waals surface area contributed by atoms with Crippen LogP contribution in [0.3, 0.4) is 0 Å². The van der Waals surface area contributed by atoms with Gasteiger partial charge in [-0.05, 0) is 62.9 Å². The Morgan fingerprint density at radius 1 is 1.04 bits per heavy atom. The highest BCUT2D eigenvalue weighted by atomic mass is 16.5. The van der Waals surface area contributed by atoms with Gasteiger partial charge in [-0.3, -0.25) is 4.79 Å². The van der Waals surface area contributed by atoms with Crippen LogP contribution in [0.1, 0.15) is 62.0 Å². The lowest BCUT2D eigenvalue weighted by atomic mass is 10.0. The van der Waals surface area contributed by atoms with Crippen molar-refractivity contribution in [2.24, 2.45) is 0 Å². The van der Waals surface area contributed by atoms with E-state index >= 15 is 0 Å². The summed E-state index contributed by atoms with van der Waals surface area (Å²) in [5.74, 6) is 0.799. The molecule has 1 N–H and O–H groups in total. The van der Waals surface area contributed by atoms with Gasteiger partial charge in [-0.15, -0.1) is 0 Å². The molecule has 2 aromatic carbocycles. The third-order valence-corrected chi connectivity index (χ3v) is 4.33. The van der Waals surface area contributed by atoms with Gasteiger partial charge < -0.3 is 10.1 Å². The predicted molar refractivity (Wildman–Crippen MR) is 113 cm³/mol. The molecule has 0 radical (unpaired) electrons. The van der Waals surface area contributed by atoms with Crippen molar-refractivity contribution < 1.29 is 9.53 Å². The smallest absolute Gasteiger partial charge is 0.251 e. The molecule has 27 heavy (non-hydrogen) atoms. The first kappa shape index (κ1) is 20.8. The van der Waals surface area contributed by atoms with E-state index in [1.54, 1.807) is 0 Å². The quantitative estimate of drug-likeness (QED) is 0.672.